The van der Waals surface area contributed by atoms with Crippen LogP contribution in [0.5, 0.6) is 0 Å². The maximum atomic E-state index is 10.9. The third kappa shape index (κ3) is 3.20. The second kappa shape index (κ2) is 6.55. The number of nitro groups is 1. The van der Waals surface area contributed by atoms with Crippen molar-refractivity contribution in [2.75, 3.05) is 0 Å². The third-order valence-electron chi connectivity index (χ3n) is 3.68. The summed E-state index contributed by atoms with van der Waals surface area (Å²) in [5, 5.41) is 24.7. The van der Waals surface area contributed by atoms with Crippen molar-refractivity contribution in [2.24, 2.45) is 0 Å². The zero-order valence-electron chi connectivity index (χ0n) is 12.9. The highest BCUT2D eigenvalue weighted by atomic mass is 35.5. The van der Waals surface area contributed by atoms with Crippen molar-refractivity contribution < 1.29 is 4.92 Å². The maximum Gasteiger partial charge on any atom is 0.272 e. The Morgan fingerprint density at radius 1 is 1.20 bits per heavy atom. The highest BCUT2D eigenvalue weighted by Gasteiger charge is 2.17. The van der Waals surface area contributed by atoms with Gasteiger partial charge in [0.2, 0.25) is 0 Å². The van der Waals surface area contributed by atoms with Crippen LogP contribution in [0.2, 0.25) is 10.0 Å². The summed E-state index contributed by atoms with van der Waals surface area (Å²) in [6, 6.07) is 11.8. The number of nitriles is 1. The van der Waals surface area contributed by atoms with Gasteiger partial charge in [0.05, 0.1) is 32.3 Å². The minimum atomic E-state index is -0.564. The minimum absolute atomic E-state index is 0.121. The Bertz CT molecular complexity index is 1010. The normalized spacial score (nSPS) is 10.5. The van der Waals surface area contributed by atoms with E-state index in [4.69, 9.17) is 28.5 Å². The molecule has 6 nitrogen and oxygen atoms in total. The number of rotatable bonds is 3. The topological polar surface area (TPSA) is 84.8 Å². The maximum absolute atomic E-state index is 10.9. The van der Waals surface area contributed by atoms with Crippen molar-refractivity contribution in [2.45, 2.75) is 6.92 Å². The molecule has 3 rings (SSSR count). The van der Waals surface area contributed by atoms with Gasteiger partial charge >= 0.3 is 0 Å². The first-order valence-electron chi connectivity index (χ1n) is 7.11. The lowest BCUT2D eigenvalue weighted by molar-refractivity contribution is -0.384. The summed E-state index contributed by atoms with van der Waals surface area (Å²) >= 11 is 12.3. The SMILES string of the molecule is Cc1ccc(-c2ccn(-c3c(Cl)cc([N+](=O)[O-])cc3Cl)n2)cc1C#N. The number of non-ortho nitro benzene ring substituents is 1. The van der Waals surface area contributed by atoms with Crippen LogP contribution in [0, 0.1) is 28.4 Å². The molecule has 0 unspecified atom stereocenters. The molecule has 0 N–H and O–H groups in total. The molecule has 8 heteroatoms. The van der Waals surface area contributed by atoms with Crippen molar-refractivity contribution in [1.29, 1.82) is 5.26 Å². The molecular weight excluding hydrogens is 363 g/mol. The van der Waals surface area contributed by atoms with Crippen molar-refractivity contribution in [3.63, 3.8) is 0 Å². The summed E-state index contributed by atoms with van der Waals surface area (Å²) in [6.45, 7) is 1.86. The van der Waals surface area contributed by atoms with Crippen LogP contribution in [0.25, 0.3) is 16.9 Å². The van der Waals surface area contributed by atoms with Gasteiger partial charge in [-0.2, -0.15) is 10.4 Å². The lowest BCUT2D eigenvalue weighted by atomic mass is 10.0. The molecule has 0 radical (unpaired) electrons. The first-order valence-corrected chi connectivity index (χ1v) is 7.87. The molecule has 0 aliphatic carbocycles. The van der Waals surface area contributed by atoms with Gasteiger partial charge in [-0.25, -0.2) is 4.68 Å². The minimum Gasteiger partial charge on any atom is -0.258 e. The van der Waals surface area contributed by atoms with Gasteiger partial charge in [0.25, 0.3) is 5.69 Å². The number of hydrogen-bond acceptors (Lipinski definition) is 4. The van der Waals surface area contributed by atoms with Crippen molar-refractivity contribution >= 4 is 28.9 Å². The average Bonchev–Trinajstić information content (AvgIpc) is 3.04. The molecule has 124 valence electrons. The summed E-state index contributed by atoms with van der Waals surface area (Å²) < 4.78 is 1.45. The summed E-state index contributed by atoms with van der Waals surface area (Å²) in [5.41, 5.74) is 3.01. The molecule has 2 aromatic carbocycles. The Kier molecular flexibility index (Phi) is 4.45. The largest absolute Gasteiger partial charge is 0.272 e. The molecule has 0 saturated heterocycles. The summed E-state index contributed by atoms with van der Waals surface area (Å²) in [5.74, 6) is 0. The Morgan fingerprint density at radius 3 is 2.48 bits per heavy atom. The van der Waals surface area contributed by atoms with Crippen LogP contribution >= 0.6 is 23.2 Å². The van der Waals surface area contributed by atoms with Gasteiger partial charge in [0.1, 0.15) is 5.69 Å². The lowest BCUT2D eigenvalue weighted by Crippen LogP contribution is -1.99. The van der Waals surface area contributed by atoms with E-state index in [0.717, 1.165) is 11.1 Å². The monoisotopic (exact) mass is 372 g/mol. The summed E-state index contributed by atoms with van der Waals surface area (Å²) in [7, 11) is 0. The van der Waals surface area contributed by atoms with E-state index in [1.54, 1.807) is 18.3 Å². The second-order valence-corrected chi connectivity index (χ2v) is 6.12. The molecular formula is C17H10Cl2N4O2. The first kappa shape index (κ1) is 17.0. The Balaban J connectivity index is 2.06. The van der Waals surface area contributed by atoms with Crippen LogP contribution in [0.4, 0.5) is 5.69 Å². The lowest BCUT2D eigenvalue weighted by Gasteiger charge is -2.07. The molecule has 3 aromatic rings. The molecule has 0 atom stereocenters. The number of aromatic nitrogens is 2. The van der Waals surface area contributed by atoms with Crippen LogP contribution in [-0.2, 0) is 0 Å². The van der Waals surface area contributed by atoms with E-state index in [1.807, 2.05) is 19.1 Å². The van der Waals surface area contributed by atoms with Crippen LogP contribution in [0.15, 0.2) is 42.6 Å². The predicted octanol–water partition coefficient (Wildman–Crippen LogP) is 4.93. The van der Waals surface area contributed by atoms with E-state index < -0.39 is 4.92 Å². The standard InChI is InChI=1S/C17H10Cl2N4O2/c1-10-2-3-11(6-12(10)9-20)16-4-5-22(21-16)17-14(18)7-13(23(24)25)8-15(17)19/h2-8H,1H3. The van der Waals surface area contributed by atoms with E-state index >= 15 is 0 Å². The van der Waals surface area contributed by atoms with E-state index in [-0.39, 0.29) is 15.7 Å². The second-order valence-electron chi connectivity index (χ2n) is 5.30. The van der Waals surface area contributed by atoms with Gasteiger partial charge in [-0.3, -0.25) is 10.1 Å². The van der Waals surface area contributed by atoms with Crippen LogP contribution in [-0.4, -0.2) is 14.7 Å². The fourth-order valence-electron chi connectivity index (χ4n) is 2.38. The van der Waals surface area contributed by atoms with E-state index in [1.165, 1.54) is 16.8 Å². The first-order chi connectivity index (χ1) is 11.9. The van der Waals surface area contributed by atoms with Crippen LogP contribution < -0.4 is 0 Å². The number of halogens is 2. The number of nitro benzene ring substituents is 1. The number of aryl methyl sites for hydroxylation is 1. The van der Waals surface area contributed by atoms with Gasteiger partial charge < -0.3 is 0 Å². The fourth-order valence-corrected chi connectivity index (χ4v) is 3.03. The van der Waals surface area contributed by atoms with Gasteiger partial charge in [-0.05, 0) is 24.6 Å². The van der Waals surface area contributed by atoms with Crippen molar-refractivity contribution in [3.8, 4) is 23.0 Å². The van der Waals surface area contributed by atoms with E-state index in [2.05, 4.69) is 11.2 Å². The van der Waals surface area contributed by atoms with Crippen LogP contribution in [0.3, 0.4) is 0 Å². The molecule has 0 aliphatic heterocycles. The van der Waals surface area contributed by atoms with Gasteiger partial charge in [-0.15, -0.1) is 0 Å². The Morgan fingerprint density at radius 2 is 1.88 bits per heavy atom. The molecule has 0 aliphatic rings. The zero-order chi connectivity index (χ0) is 18.1. The molecule has 0 amide bonds. The summed E-state index contributed by atoms with van der Waals surface area (Å²) in [6.07, 6.45) is 1.65. The van der Waals surface area contributed by atoms with E-state index in [9.17, 15) is 10.1 Å². The number of hydrogen-bond donors (Lipinski definition) is 0. The summed E-state index contributed by atoms with van der Waals surface area (Å²) in [4.78, 5) is 10.3. The Labute approximate surface area is 153 Å². The molecule has 0 fully saturated rings. The molecule has 0 bridgehead atoms. The average molecular weight is 373 g/mol. The number of benzene rings is 2. The highest BCUT2D eigenvalue weighted by molar-refractivity contribution is 6.38. The molecule has 0 spiro atoms. The van der Waals surface area contributed by atoms with Gasteiger partial charge in [0, 0.05) is 23.9 Å². The third-order valence-corrected chi connectivity index (χ3v) is 4.26. The molecule has 1 aromatic heterocycles. The van der Waals surface area contributed by atoms with Gasteiger partial charge in [-0.1, -0.05) is 35.3 Å². The van der Waals surface area contributed by atoms with E-state index in [0.29, 0.717) is 16.9 Å². The Hall–Kier alpha value is -2.88. The number of nitrogens with zero attached hydrogens (tertiary/aromatic N) is 4. The quantitative estimate of drug-likeness (QED) is 0.481. The van der Waals surface area contributed by atoms with Gasteiger partial charge in [0.15, 0.2) is 0 Å². The fraction of sp³-hybridized carbons (Fsp3) is 0.0588. The van der Waals surface area contributed by atoms with Crippen LogP contribution in [0.1, 0.15) is 11.1 Å². The van der Waals surface area contributed by atoms with Crippen molar-refractivity contribution in [3.05, 3.63) is 73.9 Å². The zero-order valence-corrected chi connectivity index (χ0v) is 14.4. The molecule has 25 heavy (non-hydrogen) atoms. The smallest absolute Gasteiger partial charge is 0.258 e. The molecule has 1 heterocycles. The predicted molar refractivity (Wildman–Crippen MR) is 95.1 cm³/mol. The highest BCUT2D eigenvalue weighted by Crippen LogP contribution is 2.33. The molecule has 0 saturated carbocycles. The van der Waals surface area contributed by atoms with Crippen molar-refractivity contribution in [1.82, 2.24) is 9.78 Å².